The van der Waals surface area contributed by atoms with Gasteiger partial charge in [0, 0.05) is 36.9 Å². The van der Waals surface area contributed by atoms with Gasteiger partial charge in [-0.2, -0.15) is 0 Å². The molecule has 0 saturated carbocycles. The Bertz CT molecular complexity index is 760. The second kappa shape index (κ2) is 8.52. The minimum absolute atomic E-state index is 0.0210. The van der Waals surface area contributed by atoms with E-state index in [4.69, 9.17) is 32.7 Å². The summed E-state index contributed by atoms with van der Waals surface area (Å²) in [7, 11) is 1.59. The van der Waals surface area contributed by atoms with Crippen LogP contribution < -0.4 is 14.4 Å². The van der Waals surface area contributed by atoms with Crippen LogP contribution in [0, 0.1) is 0 Å². The summed E-state index contributed by atoms with van der Waals surface area (Å²) in [5, 5.41) is 1.22. The van der Waals surface area contributed by atoms with Crippen LogP contribution in [0.5, 0.6) is 11.5 Å². The molecule has 2 aromatic rings. The molecule has 0 spiro atoms. The first-order chi connectivity index (χ1) is 12.6. The molecular weight excluding hydrogens is 375 g/mol. The number of methoxy groups -OCH3 is 1. The summed E-state index contributed by atoms with van der Waals surface area (Å²) in [5.74, 6) is 1.27. The maximum Gasteiger partial charge on any atom is 0.260 e. The van der Waals surface area contributed by atoms with Gasteiger partial charge in [0.1, 0.15) is 11.5 Å². The number of rotatable bonds is 5. The number of hydrogen-bond donors (Lipinski definition) is 0. The van der Waals surface area contributed by atoms with Crippen LogP contribution in [0.15, 0.2) is 42.5 Å². The lowest BCUT2D eigenvalue weighted by molar-refractivity contribution is -0.133. The Hall–Kier alpha value is -2.11. The number of hydrogen-bond acceptors (Lipinski definition) is 4. The minimum Gasteiger partial charge on any atom is -0.495 e. The van der Waals surface area contributed by atoms with E-state index in [0.717, 1.165) is 18.8 Å². The standard InChI is InChI=1S/C19H20Cl2N2O3/c1-25-18-7-4-15(12-17(18)21)22-8-10-23(11-9-22)19(24)13-26-16-5-2-14(20)3-6-16/h2-7,12H,8-11,13H2,1H3. The van der Waals surface area contributed by atoms with Crippen LogP contribution in [0.3, 0.4) is 0 Å². The minimum atomic E-state index is -0.0210. The maximum atomic E-state index is 12.3. The number of ether oxygens (including phenoxy) is 2. The fourth-order valence-corrected chi connectivity index (χ4v) is 3.21. The van der Waals surface area contributed by atoms with Crippen LogP contribution in [0.25, 0.3) is 0 Å². The van der Waals surface area contributed by atoms with Crippen LogP contribution >= 0.6 is 23.2 Å². The Kier molecular flexibility index (Phi) is 6.12. The molecule has 0 N–H and O–H groups in total. The lowest BCUT2D eigenvalue weighted by Gasteiger charge is -2.36. The molecule has 0 aliphatic carbocycles. The van der Waals surface area contributed by atoms with Crippen molar-refractivity contribution in [3.05, 3.63) is 52.5 Å². The normalized spacial score (nSPS) is 14.3. The summed E-state index contributed by atoms with van der Waals surface area (Å²) in [6.07, 6.45) is 0. The molecule has 138 valence electrons. The van der Waals surface area contributed by atoms with E-state index < -0.39 is 0 Å². The summed E-state index contributed by atoms with van der Waals surface area (Å²) in [6, 6.07) is 12.7. The number of amides is 1. The molecule has 7 heteroatoms. The second-order valence-corrected chi connectivity index (χ2v) is 6.77. The van der Waals surface area contributed by atoms with Gasteiger partial charge in [-0.3, -0.25) is 4.79 Å². The first kappa shape index (κ1) is 18.7. The van der Waals surface area contributed by atoms with E-state index in [1.807, 2.05) is 23.1 Å². The molecular formula is C19H20Cl2N2O3. The molecule has 1 aliphatic rings. The number of benzene rings is 2. The quantitative estimate of drug-likeness (QED) is 0.774. The largest absolute Gasteiger partial charge is 0.495 e. The molecule has 1 amide bonds. The van der Waals surface area contributed by atoms with Gasteiger partial charge in [0.25, 0.3) is 5.91 Å². The molecule has 1 fully saturated rings. The molecule has 26 heavy (non-hydrogen) atoms. The molecule has 5 nitrogen and oxygen atoms in total. The molecule has 0 unspecified atom stereocenters. The summed E-state index contributed by atoms with van der Waals surface area (Å²) < 4.78 is 10.7. The van der Waals surface area contributed by atoms with E-state index in [0.29, 0.717) is 34.6 Å². The fraction of sp³-hybridized carbons (Fsp3) is 0.316. The monoisotopic (exact) mass is 394 g/mol. The van der Waals surface area contributed by atoms with Crippen molar-refractivity contribution >= 4 is 34.8 Å². The van der Waals surface area contributed by atoms with Crippen molar-refractivity contribution in [2.24, 2.45) is 0 Å². The Morgan fingerprint density at radius 2 is 1.73 bits per heavy atom. The first-order valence-electron chi connectivity index (χ1n) is 8.31. The van der Waals surface area contributed by atoms with Crippen LogP contribution in [-0.4, -0.2) is 50.7 Å². The van der Waals surface area contributed by atoms with Crippen molar-refractivity contribution in [3.8, 4) is 11.5 Å². The third kappa shape index (κ3) is 4.54. The predicted molar refractivity (Wildman–Crippen MR) is 104 cm³/mol. The number of carbonyl (C=O) groups excluding carboxylic acids is 1. The predicted octanol–water partition coefficient (Wildman–Crippen LogP) is 3.73. The van der Waals surface area contributed by atoms with Crippen molar-refractivity contribution in [1.29, 1.82) is 0 Å². The number of carbonyl (C=O) groups is 1. The number of piperazine rings is 1. The van der Waals surface area contributed by atoms with Crippen LogP contribution in [-0.2, 0) is 4.79 Å². The lowest BCUT2D eigenvalue weighted by Crippen LogP contribution is -2.50. The lowest BCUT2D eigenvalue weighted by atomic mass is 10.2. The third-order valence-electron chi connectivity index (χ3n) is 4.31. The van der Waals surface area contributed by atoms with Crippen molar-refractivity contribution in [1.82, 2.24) is 4.90 Å². The molecule has 1 aliphatic heterocycles. The molecule has 2 aromatic carbocycles. The van der Waals surface area contributed by atoms with E-state index in [9.17, 15) is 4.79 Å². The summed E-state index contributed by atoms with van der Waals surface area (Å²) >= 11 is 12.0. The van der Waals surface area contributed by atoms with Gasteiger partial charge in [-0.1, -0.05) is 23.2 Å². The highest BCUT2D eigenvalue weighted by Gasteiger charge is 2.22. The number of nitrogens with zero attached hydrogens (tertiary/aromatic N) is 2. The highest BCUT2D eigenvalue weighted by Crippen LogP contribution is 2.29. The number of anilines is 1. The first-order valence-corrected chi connectivity index (χ1v) is 9.07. The zero-order valence-electron chi connectivity index (χ0n) is 14.5. The molecule has 0 bridgehead atoms. The van der Waals surface area contributed by atoms with E-state index >= 15 is 0 Å². The average molecular weight is 395 g/mol. The Morgan fingerprint density at radius 1 is 1.04 bits per heavy atom. The highest BCUT2D eigenvalue weighted by molar-refractivity contribution is 6.32. The molecule has 3 rings (SSSR count). The smallest absolute Gasteiger partial charge is 0.260 e. The Morgan fingerprint density at radius 3 is 2.35 bits per heavy atom. The fourth-order valence-electron chi connectivity index (χ4n) is 2.83. The number of halogens is 2. The second-order valence-electron chi connectivity index (χ2n) is 5.93. The Balaban J connectivity index is 1.50. The van der Waals surface area contributed by atoms with Crippen molar-refractivity contribution in [2.75, 3.05) is 44.8 Å². The maximum absolute atomic E-state index is 12.3. The molecule has 1 heterocycles. The average Bonchev–Trinajstić information content (AvgIpc) is 2.67. The van der Waals surface area contributed by atoms with Gasteiger partial charge in [-0.25, -0.2) is 0 Å². The van der Waals surface area contributed by atoms with Gasteiger partial charge in [0.05, 0.1) is 12.1 Å². The van der Waals surface area contributed by atoms with Crippen molar-refractivity contribution in [3.63, 3.8) is 0 Å². The molecule has 0 radical (unpaired) electrons. The summed E-state index contributed by atoms with van der Waals surface area (Å²) in [6.45, 7) is 2.81. The molecule has 1 saturated heterocycles. The van der Waals surface area contributed by atoms with Gasteiger partial charge in [-0.05, 0) is 42.5 Å². The zero-order valence-corrected chi connectivity index (χ0v) is 16.0. The van der Waals surface area contributed by atoms with Crippen molar-refractivity contribution in [2.45, 2.75) is 0 Å². The molecule has 0 atom stereocenters. The van der Waals surface area contributed by atoms with E-state index in [1.54, 1.807) is 31.4 Å². The van der Waals surface area contributed by atoms with Crippen LogP contribution in [0.2, 0.25) is 10.0 Å². The third-order valence-corrected chi connectivity index (χ3v) is 4.86. The van der Waals surface area contributed by atoms with Crippen molar-refractivity contribution < 1.29 is 14.3 Å². The molecule has 0 aromatic heterocycles. The zero-order chi connectivity index (χ0) is 18.5. The topological polar surface area (TPSA) is 42.0 Å². The van der Waals surface area contributed by atoms with E-state index in [1.165, 1.54) is 0 Å². The van der Waals surface area contributed by atoms with Gasteiger partial charge in [0.2, 0.25) is 0 Å². The van der Waals surface area contributed by atoms with Gasteiger partial charge < -0.3 is 19.3 Å². The summed E-state index contributed by atoms with van der Waals surface area (Å²) in [5.41, 5.74) is 1.03. The van der Waals surface area contributed by atoms with E-state index in [2.05, 4.69) is 4.90 Å². The summed E-state index contributed by atoms with van der Waals surface area (Å²) in [4.78, 5) is 16.4. The highest BCUT2D eigenvalue weighted by atomic mass is 35.5. The van der Waals surface area contributed by atoms with Gasteiger partial charge in [0.15, 0.2) is 6.61 Å². The Labute approximate surface area is 163 Å². The van der Waals surface area contributed by atoms with Gasteiger partial charge >= 0.3 is 0 Å². The SMILES string of the molecule is COc1ccc(N2CCN(C(=O)COc3ccc(Cl)cc3)CC2)cc1Cl. The van der Waals surface area contributed by atoms with E-state index in [-0.39, 0.29) is 12.5 Å². The van der Waals surface area contributed by atoms with Crippen LogP contribution in [0.4, 0.5) is 5.69 Å². The van der Waals surface area contributed by atoms with Gasteiger partial charge in [-0.15, -0.1) is 0 Å². The van der Waals surface area contributed by atoms with Crippen LogP contribution in [0.1, 0.15) is 0 Å².